The summed E-state index contributed by atoms with van der Waals surface area (Å²) in [6, 6.07) is 8.08. The van der Waals surface area contributed by atoms with E-state index in [2.05, 4.69) is 9.97 Å². The van der Waals surface area contributed by atoms with Gasteiger partial charge in [0.25, 0.3) is 0 Å². The van der Waals surface area contributed by atoms with Crippen molar-refractivity contribution in [2.24, 2.45) is 0 Å². The third kappa shape index (κ3) is 2.25. The van der Waals surface area contributed by atoms with Crippen LogP contribution in [0.2, 0.25) is 0 Å². The Hall–Kier alpha value is -2.47. The summed E-state index contributed by atoms with van der Waals surface area (Å²) in [4.78, 5) is 19.0. The number of carboxylic acid groups (broad SMARTS) is 1. The van der Waals surface area contributed by atoms with E-state index >= 15 is 0 Å². The van der Waals surface area contributed by atoms with Gasteiger partial charge in [0.15, 0.2) is 0 Å². The minimum Gasteiger partial charge on any atom is -0.478 e. The molecule has 0 aliphatic carbocycles. The standard InChI is InChI=1S/C13H8N2O3S/c16-13(17)8-1-3-9(4-2-8)18-12-11-10(5-6-19-11)14-7-15-12/h1-7H,(H,16,17). The van der Waals surface area contributed by atoms with Crippen LogP contribution in [0.5, 0.6) is 11.6 Å². The summed E-state index contributed by atoms with van der Waals surface area (Å²) in [7, 11) is 0. The van der Waals surface area contributed by atoms with Crippen LogP contribution in [-0.2, 0) is 0 Å². The van der Waals surface area contributed by atoms with Crippen LogP contribution in [0.4, 0.5) is 0 Å². The van der Waals surface area contributed by atoms with Gasteiger partial charge >= 0.3 is 5.97 Å². The first-order valence-corrected chi connectivity index (χ1v) is 6.31. The Balaban J connectivity index is 1.92. The number of carboxylic acids is 1. The molecule has 0 saturated carbocycles. The number of fused-ring (bicyclic) bond motifs is 1. The molecule has 1 aromatic carbocycles. The normalized spacial score (nSPS) is 10.5. The van der Waals surface area contributed by atoms with Crippen molar-refractivity contribution < 1.29 is 14.6 Å². The summed E-state index contributed by atoms with van der Waals surface area (Å²) in [6.07, 6.45) is 1.44. The van der Waals surface area contributed by atoms with Crippen LogP contribution >= 0.6 is 11.3 Å². The molecule has 94 valence electrons. The van der Waals surface area contributed by atoms with Crippen LogP contribution in [-0.4, -0.2) is 21.0 Å². The highest BCUT2D eigenvalue weighted by Crippen LogP contribution is 2.30. The zero-order valence-corrected chi connectivity index (χ0v) is 10.4. The number of carbonyl (C=O) groups is 1. The lowest BCUT2D eigenvalue weighted by Gasteiger charge is -2.05. The second-order valence-corrected chi connectivity index (χ2v) is 4.66. The van der Waals surface area contributed by atoms with E-state index in [0.717, 1.165) is 10.2 Å². The van der Waals surface area contributed by atoms with Crippen molar-refractivity contribution in [3.8, 4) is 11.6 Å². The third-order valence-corrected chi connectivity index (χ3v) is 3.42. The van der Waals surface area contributed by atoms with E-state index in [-0.39, 0.29) is 5.56 Å². The van der Waals surface area contributed by atoms with E-state index in [9.17, 15) is 4.79 Å². The highest BCUT2D eigenvalue weighted by atomic mass is 32.1. The van der Waals surface area contributed by atoms with Crippen molar-refractivity contribution >= 4 is 27.5 Å². The van der Waals surface area contributed by atoms with Crippen molar-refractivity contribution in [2.45, 2.75) is 0 Å². The Morgan fingerprint density at radius 2 is 1.95 bits per heavy atom. The van der Waals surface area contributed by atoms with Gasteiger partial charge in [0.05, 0.1) is 11.1 Å². The molecule has 2 aromatic heterocycles. The fraction of sp³-hybridized carbons (Fsp3) is 0. The predicted molar refractivity (Wildman–Crippen MR) is 70.9 cm³/mol. The number of aromatic carboxylic acids is 1. The van der Waals surface area contributed by atoms with Gasteiger partial charge in [-0.15, -0.1) is 11.3 Å². The van der Waals surface area contributed by atoms with Crippen molar-refractivity contribution in [1.82, 2.24) is 9.97 Å². The first-order chi connectivity index (χ1) is 9.24. The summed E-state index contributed by atoms with van der Waals surface area (Å²) in [5.41, 5.74) is 1.05. The Kier molecular flexibility index (Phi) is 2.85. The molecule has 0 bridgehead atoms. The molecule has 1 N–H and O–H groups in total. The van der Waals surface area contributed by atoms with Gasteiger partial charge in [-0.25, -0.2) is 14.8 Å². The summed E-state index contributed by atoms with van der Waals surface area (Å²) in [5.74, 6) is 0.0516. The van der Waals surface area contributed by atoms with Crippen molar-refractivity contribution in [3.63, 3.8) is 0 Å². The highest BCUT2D eigenvalue weighted by molar-refractivity contribution is 7.17. The molecule has 0 saturated heterocycles. The lowest BCUT2D eigenvalue weighted by molar-refractivity contribution is 0.0697. The highest BCUT2D eigenvalue weighted by Gasteiger charge is 2.08. The number of hydrogen-bond donors (Lipinski definition) is 1. The third-order valence-electron chi connectivity index (χ3n) is 2.53. The van der Waals surface area contributed by atoms with Gasteiger partial charge in [-0.1, -0.05) is 0 Å². The van der Waals surface area contributed by atoms with Crippen molar-refractivity contribution in [3.05, 3.63) is 47.6 Å². The SMILES string of the molecule is O=C(O)c1ccc(Oc2ncnc3ccsc23)cc1. The number of aromatic nitrogens is 2. The molecule has 0 aliphatic rings. The van der Waals surface area contributed by atoms with Crippen molar-refractivity contribution in [2.75, 3.05) is 0 Å². The molecule has 0 spiro atoms. The number of rotatable bonds is 3. The lowest BCUT2D eigenvalue weighted by Crippen LogP contribution is -1.95. The topological polar surface area (TPSA) is 72.3 Å². The molecule has 19 heavy (non-hydrogen) atoms. The van der Waals surface area contributed by atoms with Crippen LogP contribution in [0.1, 0.15) is 10.4 Å². The van der Waals surface area contributed by atoms with Crippen LogP contribution in [0.15, 0.2) is 42.0 Å². The number of ether oxygens (including phenoxy) is 1. The van der Waals surface area contributed by atoms with Gasteiger partial charge in [0.1, 0.15) is 16.8 Å². The average Bonchev–Trinajstić information content (AvgIpc) is 2.89. The summed E-state index contributed by atoms with van der Waals surface area (Å²) < 4.78 is 6.52. The van der Waals surface area contributed by atoms with E-state index in [1.54, 1.807) is 12.1 Å². The van der Waals surface area contributed by atoms with Gasteiger partial charge in [-0.2, -0.15) is 0 Å². The smallest absolute Gasteiger partial charge is 0.335 e. The van der Waals surface area contributed by atoms with Gasteiger partial charge < -0.3 is 9.84 Å². The summed E-state index contributed by atoms with van der Waals surface area (Å²) >= 11 is 1.50. The molecule has 0 atom stereocenters. The average molecular weight is 272 g/mol. The van der Waals surface area contributed by atoms with E-state index in [4.69, 9.17) is 9.84 Å². The number of nitrogens with zero attached hydrogens (tertiary/aromatic N) is 2. The second kappa shape index (κ2) is 4.66. The number of hydrogen-bond acceptors (Lipinski definition) is 5. The molecule has 0 radical (unpaired) electrons. The Labute approximate surface area is 112 Å². The van der Waals surface area contributed by atoms with E-state index in [1.807, 2.05) is 11.4 Å². The zero-order valence-electron chi connectivity index (χ0n) is 9.61. The fourth-order valence-electron chi connectivity index (χ4n) is 1.62. The minimum atomic E-state index is -0.964. The van der Waals surface area contributed by atoms with E-state index < -0.39 is 5.97 Å². The maximum atomic E-state index is 10.8. The van der Waals surface area contributed by atoms with Crippen LogP contribution < -0.4 is 4.74 Å². The van der Waals surface area contributed by atoms with Crippen LogP contribution in [0, 0.1) is 0 Å². The molecule has 5 nitrogen and oxygen atoms in total. The van der Waals surface area contributed by atoms with Crippen LogP contribution in [0.3, 0.4) is 0 Å². The maximum absolute atomic E-state index is 10.8. The monoisotopic (exact) mass is 272 g/mol. The Morgan fingerprint density at radius 3 is 2.68 bits per heavy atom. The minimum absolute atomic E-state index is 0.219. The largest absolute Gasteiger partial charge is 0.478 e. The number of thiophene rings is 1. The quantitative estimate of drug-likeness (QED) is 0.792. The van der Waals surface area contributed by atoms with Crippen LogP contribution in [0.25, 0.3) is 10.2 Å². The van der Waals surface area contributed by atoms with Gasteiger partial charge in [-0.05, 0) is 35.7 Å². The summed E-state index contributed by atoms with van der Waals surface area (Å²) in [5, 5.41) is 10.7. The maximum Gasteiger partial charge on any atom is 0.335 e. The van der Waals surface area contributed by atoms with Gasteiger partial charge in [0, 0.05) is 0 Å². The molecule has 2 heterocycles. The fourth-order valence-corrected chi connectivity index (χ4v) is 2.39. The van der Waals surface area contributed by atoms with E-state index in [1.165, 1.54) is 29.8 Å². The Morgan fingerprint density at radius 1 is 1.16 bits per heavy atom. The number of benzene rings is 1. The molecular weight excluding hydrogens is 264 g/mol. The second-order valence-electron chi connectivity index (χ2n) is 3.75. The molecular formula is C13H8N2O3S. The molecule has 3 aromatic rings. The zero-order chi connectivity index (χ0) is 13.2. The Bertz CT molecular complexity index is 737. The summed E-state index contributed by atoms with van der Waals surface area (Å²) in [6.45, 7) is 0. The molecule has 0 amide bonds. The van der Waals surface area contributed by atoms with E-state index in [0.29, 0.717) is 11.6 Å². The first-order valence-electron chi connectivity index (χ1n) is 5.43. The molecule has 0 unspecified atom stereocenters. The predicted octanol–water partition coefficient (Wildman–Crippen LogP) is 3.18. The molecule has 0 aliphatic heterocycles. The molecule has 0 fully saturated rings. The molecule has 3 rings (SSSR count). The van der Waals surface area contributed by atoms with Gasteiger partial charge in [-0.3, -0.25) is 0 Å². The molecule has 6 heteroatoms. The van der Waals surface area contributed by atoms with Gasteiger partial charge in [0.2, 0.25) is 5.88 Å². The van der Waals surface area contributed by atoms with Crippen molar-refractivity contribution in [1.29, 1.82) is 0 Å². The first kappa shape index (κ1) is 11.6. The lowest BCUT2D eigenvalue weighted by atomic mass is 10.2.